The first-order chi connectivity index (χ1) is 17.8. The largest absolute Gasteiger partial charge is 0.392 e. The second-order valence-electron chi connectivity index (χ2n) is 9.84. The zero-order valence-electron chi connectivity index (χ0n) is 20.9. The van der Waals surface area contributed by atoms with Crippen molar-refractivity contribution in [1.82, 2.24) is 10.2 Å². The number of aliphatic hydroxyl groups is 1. The molecule has 1 amide bonds. The lowest BCUT2D eigenvalue weighted by Gasteiger charge is -2.38. The molecule has 6 nitrogen and oxygen atoms in total. The summed E-state index contributed by atoms with van der Waals surface area (Å²) in [5.41, 5.74) is 3.73. The van der Waals surface area contributed by atoms with Crippen molar-refractivity contribution in [1.29, 1.82) is 0 Å². The minimum absolute atomic E-state index is 0.0175. The van der Waals surface area contributed by atoms with E-state index in [1.165, 1.54) is 32.1 Å². The van der Waals surface area contributed by atoms with E-state index in [2.05, 4.69) is 10.2 Å². The van der Waals surface area contributed by atoms with Crippen molar-refractivity contribution in [3.8, 4) is 0 Å². The number of likely N-dealkylation sites (tertiary alicyclic amines) is 1. The molecule has 0 aliphatic carbocycles. The van der Waals surface area contributed by atoms with Crippen LogP contribution in [0.1, 0.15) is 73.2 Å². The number of carbonyl (C=O) groups is 1. The summed E-state index contributed by atoms with van der Waals surface area (Å²) in [6, 6.07) is 15.7. The third-order valence-electron chi connectivity index (χ3n) is 6.99. The summed E-state index contributed by atoms with van der Waals surface area (Å²) in [5.74, 6) is -0.664. The number of amides is 1. The zero-order chi connectivity index (χ0) is 26.3. The van der Waals surface area contributed by atoms with E-state index >= 15 is 0 Å². The van der Waals surface area contributed by atoms with Gasteiger partial charge in [0.15, 0.2) is 6.29 Å². The molecule has 2 aromatic carbocycles. The summed E-state index contributed by atoms with van der Waals surface area (Å²) in [6.07, 6.45) is 6.56. The maximum absolute atomic E-state index is 11.8. The van der Waals surface area contributed by atoms with Gasteiger partial charge in [0, 0.05) is 25.1 Å². The predicted octanol–water partition coefficient (Wildman–Crippen LogP) is 5.98. The van der Waals surface area contributed by atoms with Crippen LogP contribution in [0.2, 0.25) is 0 Å². The van der Waals surface area contributed by atoms with Crippen LogP contribution in [-0.2, 0) is 27.4 Å². The molecule has 2 aliphatic rings. The lowest BCUT2D eigenvalue weighted by molar-refractivity contribution is -0.253. The lowest BCUT2D eigenvalue weighted by atomic mass is 9.99. The van der Waals surface area contributed by atoms with E-state index < -0.39 is 16.0 Å². The molecular weight excluding hydrogens is 535 g/mol. The van der Waals surface area contributed by atoms with Crippen LogP contribution in [0.4, 0.5) is 0 Å². The summed E-state index contributed by atoms with van der Waals surface area (Å²) in [4.78, 5) is 14.4. The average molecular weight is 570 g/mol. The van der Waals surface area contributed by atoms with Crippen LogP contribution < -0.4 is 5.32 Å². The number of hydrogen-bond acceptors (Lipinski definition) is 5. The maximum atomic E-state index is 11.8. The van der Waals surface area contributed by atoms with Crippen molar-refractivity contribution in [2.45, 2.75) is 74.0 Å². The molecule has 2 aromatic rings. The highest BCUT2D eigenvalue weighted by Gasteiger charge is 2.33. The monoisotopic (exact) mass is 568 g/mol. The number of hydrogen-bond donors (Lipinski definition) is 2. The third kappa shape index (κ3) is 8.56. The van der Waals surface area contributed by atoms with Crippen LogP contribution in [0, 0.1) is 0 Å². The Kier molecular flexibility index (Phi) is 10.5. The van der Waals surface area contributed by atoms with Gasteiger partial charge < -0.3 is 24.8 Å². The summed E-state index contributed by atoms with van der Waals surface area (Å²) < 4.78 is 11.0. The molecular formula is C28H35Cl3N2O4. The number of ether oxygens (including phenoxy) is 2. The Morgan fingerprint density at radius 3 is 2.11 bits per heavy atom. The van der Waals surface area contributed by atoms with Gasteiger partial charge in [-0.25, -0.2) is 0 Å². The normalized spacial score (nSPS) is 23.7. The van der Waals surface area contributed by atoms with Crippen LogP contribution in [-0.4, -0.2) is 45.4 Å². The molecule has 37 heavy (non-hydrogen) atoms. The molecule has 2 heterocycles. The number of nitrogens with zero attached hydrogens (tertiary/aromatic N) is 1. The number of alkyl halides is 3. The first-order valence-corrected chi connectivity index (χ1v) is 14.1. The Bertz CT molecular complexity index is 990. The highest BCUT2D eigenvalue weighted by Crippen LogP contribution is 2.38. The smallest absolute Gasteiger partial charge is 0.272 e. The average Bonchev–Trinajstić information content (AvgIpc) is 2.88. The van der Waals surface area contributed by atoms with Crippen molar-refractivity contribution >= 4 is 40.7 Å². The van der Waals surface area contributed by atoms with Crippen molar-refractivity contribution in [3.05, 3.63) is 70.8 Å². The fourth-order valence-electron chi connectivity index (χ4n) is 4.89. The highest BCUT2D eigenvalue weighted by molar-refractivity contribution is 6.76. The molecule has 0 aromatic heterocycles. The number of rotatable bonds is 7. The van der Waals surface area contributed by atoms with Crippen molar-refractivity contribution in [2.75, 3.05) is 19.6 Å². The van der Waals surface area contributed by atoms with Crippen molar-refractivity contribution in [3.63, 3.8) is 0 Å². The maximum Gasteiger partial charge on any atom is 0.272 e. The van der Waals surface area contributed by atoms with Gasteiger partial charge in [-0.05, 0) is 42.6 Å². The van der Waals surface area contributed by atoms with E-state index in [1.807, 2.05) is 48.5 Å². The fraction of sp³-hybridized carbons (Fsp3) is 0.536. The summed E-state index contributed by atoms with van der Waals surface area (Å²) in [7, 11) is 0. The van der Waals surface area contributed by atoms with E-state index in [1.54, 1.807) is 0 Å². The predicted molar refractivity (Wildman–Crippen MR) is 147 cm³/mol. The standard InChI is InChI=1S/C28H35Cl3N2O4/c29-28(30,31)27(35)32-17-20-6-12-23(13-7-20)26-36-24(18-33-14-4-2-1-3-5-15-33)16-25(37-26)22-10-8-21(19-34)9-11-22/h6-13,24-26,34H,1-5,14-19H2,(H,32,35)/t24-,25+,26+/m0/s1. The number of carbonyl (C=O) groups excluding carboxylic acids is 1. The van der Waals surface area contributed by atoms with E-state index in [9.17, 15) is 9.90 Å². The van der Waals surface area contributed by atoms with E-state index in [0.29, 0.717) is 0 Å². The molecule has 2 aliphatic heterocycles. The Morgan fingerprint density at radius 1 is 0.892 bits per heavy atom. The molecule has 0 bridgehead atoms. The number of nitrogens with one attached hydrogen (secondary N) is 1. The van der Waals surface area contributed by atoms with Crippen LogP contribution in [0.3, 0.4) is 0 Å². The molecule has 0 spiro atoms. The first-order valence-electron chi connectivity index (χ1n) is 13.0. The van der Waals surface area contributed by atoms with Crippen molar-refractivity contribution in [2.24, 2.45) is 0 Å². The second kappa shape index (κ2) is 13.6. The molecule has 4 rings (SSSR count). The molecule has 202 valence electrons. The molecule has 9 heteroatoms. The van der Waals surface area contributed by atoms with Gasteiger partial charge in [-0.1, -0.05) is 103 Å². The lowest BCUT2D eigenvalue weighted by Crippen LogP contribution is -2.40. The van der Waals surface area contributed by atoms with Crippen molar-refractivity contribution < 1.29 is 19.4 Å². The third-order valence-corrected chi connectivity index (χ3v) is 7.50. The van der Waals surface area contributed by atoms with Gasteiger partial charge in [0.05, 0.1) is 18.8 Å². The van der Waals surface area contributed by atoms with Gasteiger partial charge in [-0.2, -0.15) is 0 Å². The van der Waals surface area contributed by atoms with Gasteiger partial charge in [0.1, 0.15) is 0 Å². The molecule has 0 unspecified atom stereocenters. The SMILES string of the molecule is O=C(NCc1ccc([C@@H]2O[C@H](CN3CCCCCCC3)C[C@H](c3ccc(CO)cc3)O2)cc1)C(Cl)(Cl)Cl. The number of aliphatic hydroxyl groups excluding tert-OH is 1. The Balaban J connectivity index is 1.46. The molecule has 2 N–H and O–H groups in total. The van der Waals surface area contributed by atoms with E-state index in [4.69, 9.17) is 44.3 Å². The van der Waals surface area contributed by atoms with Crippen LogP contribution in [0.15, 0.2) is 48.5 Å². The first kappa shape index (κ1) is 28.6. The van der Waals surface area contributed by atoms with Gasteiger partial charge in [-0.3, -0.25) is 4.79 Å². The Morgan fingerprint density at radius 2 is 1.49 bits per heavy atom. The summed E-state index contributed by atoms with van der Waals surface area (Å²) >= 11 is 16.9. The Labute approximate surface area is 234 Å². The quantitative estimate of drug-likeness (QED) is 0.402. The van der Waals surface area contributed by atoms with Gasteiger partial charge in [0.25, 0.3) is 9.70 Å². The van der Waals surface area contributed by atoms with Crippen LogP contribution >= 0.6 is 34.8 Å². The topological polar surface area (TPSA) is 71.0 Å². The molecule has 2 saturated heterocycles. The molecule has 0 radical (unpaired) electrons. The van der Waals surface area contributed by atoms with E-state index in [-0.39, 0.29) is 25.4 Å². The van der Waals surface area contributed by atoms with Gasteiger partial charge in [0.2, 0.25) is 0 Å². The van der Waals surface area contributed by atoms with E-state index in [0.717, 1.165) is 48.3 Å². The van der Waals surface area contributed by atoms with Crippen LogP contribution in [0.5, 0.6) is 0 Å². The number of halogens is 3. The summed E-state index contributed by atoms with van der Waals surface area (Å²) in [5, 5.41) is 12.0. The fourth-order valence-corrected chi connectivity index (χ4v) is 5.09. The van der Waals surface area contributed by atoms with Crippen LogP contribution in [0.25, 0.3) is 0 Å². The second-order valence-corrected chi connectivity index (χ2v) is 12.1. The minimum Gasteiger partial charge on any atom is -0.392 e. The highest BCUT2D eigenvalue weighted by atomic mass is 35.6. The number of benzene rings is 2. The van der Waals surface area contributed by atoms with Gasteiger partial charge >= 0.3 is 0 Å². The zero-order valence-corrected chi connectivity index (χ0v) is 23.1. The molecule has 2 fully saturated rings. The van der Waals surface area contributed by atoms with Gasteiger partial charge in [-0.15, -0.1) is 0 Å². The minimum atomic E-state index is -1.99. The Hall–Kier alpha value is -1.38. The molecule has 0 saturated carbocycles. The molecule has 3 atom stereocenters. The summed E-state index contributed by atoms with van der Waals surface area (Å²) in [6.45, 7) is 3.36.